The van der Waals surface area contributed by atoms with Crippen molar-refractivity contribution in [2.75, 3.05) is 0 Å². The van der Waals surface area contributed by atoms with Crippen molar-refractivity contribution in [2.45, 2.75) is 26.5 Å². The van der Waals surface area contributed by atoms with E-state index in [0.29, 0.717) is 0 Å². The van der Waals surface area contributed by atoms with E-state index in [4.69, 9.17) is 5.11 Å². The molecular weight excluding hydrogens is 246 g/mol. The molecule has 2 nitrogen and oxygen atoms in total. The lowest BCUT2D eigenvalue weighted by atomic mass is 10.2. The molecule has 0 fully saturated rings. The zero-order valence-corrected chi connectivity index (χ0v) is 12.0. The van der Waals surface area contributed by atoms with Gasteiger partial charge in [0.15, 0.2) is 0 Å². The molecule has 0 radical (unpaired) electrons. The lowest BCUT2D eigenvalue weighted by Gasteiger charge is -2.05. The van der Waals surface area contributed by atoms with E-state index in [-0.39, 0.29) is 6.10 Å². The summed E-state index contributed by atoms with van der Waals surface area (Å²) in [4.78, 5) is 0. The normalized spacial score (nSPS) is 10.4. The van der Waals surface area contributed by atoms with Crippen LogP contribution in [0.3, 0.4) is 0 Å². The van der Waals surface area contributed by atoms with Gasteiger partial charge >= 0.3 is 0 Å². The Labute approximate surface area is 120 Å². The first-order chi connectivity index (χ1) is 9.66. The van der Waals surface area contributed by atoms with Crippen molar-refractivity contribution in [2.24, 2.45) is 0 Å². The second-order valence-electron chi connectivity index (χ2n) is 5.08. The van der Waals surface area contributed by atoms with E-state index < -0.39 is 0 Å². The van der Waals surface area contributed by atoms with Crippen molar-refractivity contribution < 1.29 is 5.11 Å². The topological polar surface area (TPSA) is 25.2 Å². The highest BCUT2D eigenvalue weighted by atomic mass is 16.3. The smallest absolute Gasteiger partial charge is 0.0483 e. The highest BCUT2D eigenvalue weighted by Crippen LogP contribution is 2.16. The second-order valence-corrected chi connectivity index (χ2v) is 5.08. The molecule has 0 saturated heterocycles. The zero-order chi connectivity index (χ0) is 14.4. The Balaban J connectivity index is 0.000000328. The molecule has 0 aliphatic carbocycles. The monoisotopic (exact) mass is 267 g/mol. The predicted molar refractivity (Wildman–Crippen MR) is 84.8 cm³/mol. The third kappa shape index (κ3) is 3.97. The summed E-state index contributed by atoms with van der Waals surface area (Å²) >= 11 is 0. The van der Waals surface area contributed by atoms with Gasteiger partial charge in [-0.15, -0.1) is 0 Å². The number of para-hydroxylation sites is 1. The van der Waals surface area contributed by atoms with Crippen LogP contribution in [0.25, 0.3) is 10.9 Å². The molecule has 0 unspecified atom stereocenters. The molecule has 104 valence electrons. The number of benzene rings is 2. The van der Waals surface area contributed by atoms with Crippen molar-refractivity contribution in [3.8, 4) is 0 Å². The maximum absolute atomic E-state index is 8.06. The van der Waals surface area contributed by atoms with Gasteiger partial charge in [0.25, 0.3) is 0 Å². The van der Waals surface area contributed by atoms with Crippen LogP contribution in [-0.2, 0) is 6.54 Å². The first kappa shape index (κ1) is 14.4. The van der Waals surface area contributed by atoms with Crippen LogP contribution >= 0.6 is 0 Å². The summed E-state index contributed by atoms with van der Waals surface area (Å²) in [6.07, 6.45) is 1.98. The molecule has 0 bridgehead atoms. The van der Waals surface area contributed by atoms with Gasteiger partial charge in [0.1, 0.15) is 0 Å². The maximum atomic E-state index is 8.06. The maximum Gasteiger partial charge on any atom is 0.0483 e. The molecule has 3 aromatic rings. The number of nitrogens with zero attached hydrogens (tertiary/aromatic N) is 1. The van der Waals surface area contributed by atoms with Gasteiger partial charge in [-0.3, -0.25) is 0 Å². The van der Waals surface area contributed by atoms with Crippen LogP contribution in [-0.4, -0.2) is 15.8 Å². The Morgan fingerprint density at radius 3 is 2.20 bits per heavy atom. The van der Waals surface area contributed by atoms with Crippen LogP contribution in [0.1, 0.15) is 19.4 Å². The highest BCUT2D eigenvalue weighted by Gasteiger charge is 1.99. The van der Waals surface area contributed by atoms with Crippen molar-refractivity contribution in [3.63, 3.8) is 0 Å². The molecule has 1 aromatic heterocycles. The first-order valence-electron chi connectivity index (χ1n) is 6.92. The van der Waals surface area contributed by atoms with Gasteiger partial charge in [0.2, 0.25) is 0 Å². The standard InChI is InChI=1S/C15H13N.C3H8O/c1-2-6-13(7-3-1)12-16-11-10-14-8-4-5-9-15(14)16;1-3(2)4/h1-11H,12H2;3-4H,1-2H3. The first-order valence-corrected chi connectivity index (χ1v) is 6.92. The molecule has 0 amide bonds. The minimum atomic E-state index is -0.167. The molecular formula is C18H21NO. The Morgan fingerprint density at radius 2 is 1.50 bits per heavy atom. The SMILES string of the molecule is CC(C)O.c1ccc(Cn2ccc3ccccc32)cc1. The van der Waals surface area contributed by atoms with Crippen LogP contribution in [0.2, 0.25) is 0 Å². The van der Waals surface area contributed by atoms with E-state index in [2.05, 4.69) is 71.4 Å². The molecule has 0 aliphatic heterocycles. The third-order valence-electron chi connectivity index (χ3n) is 2.88. The summed E-state index contributed by atoms with van der Waals surface area (Å²) in [6.45, 7) is 4.38. The Kier molecular flexibility index (Phi) is 4.97. The summed E-state index contributed by atoms with van der Waals surface area (Å²) in [6, 6.07) is 21.2. The molecule has 20 heavy (non-hydrogen) atoms. The number of hydrogen-bond acceptors (Lipinski definition) is 1. The van der Waals surface area contributed by atoms with Crippen LogP contribution in [0, 0.1) is 0 Å². The van der Waals surface area contributed by atoms with E-state index in [1.54, 1.807) is 13.8 Å². The summed E-state index contributed by atoms with van der Waals surface area (Å²) in [5, 5.41) is 9.36. The van der Waals surface area contributed by atoms with E-state index in [9.17, 15) is 0 Å². The average molecular weight is 267 g/mol. The van der Waals surface area contributed by atoms with Gasteiger partial charge in [-0.05, 0) is 36.9 Å². The molecule has 0 saturated carbocycles. The van der Waals surface area contributed by atoms with Gasteiger partial charge in [0, 0.05) is 24.4 Å². The summed E-state index contributed by atoms with van der Waals surface area (Å²) in [5.41, 5.74) is 2.63. The van der Waals surface area contributed by atoms with Crippen LogP contribution in [0.15, 0.2) is 66.9 Å². The van der Waals surface area contributed by atoms with Gasteiger partial charge in [-0.25, -0.2) is 0 Å². The van der Waals surface area contributed by atoms with E-state index >= 15 is 0 Å². The van der Waals surface area contributed by atoms with Crippen LogP contribution < -0.4 is 0 Å². The Hall–Kier alpha value is -2.06. The minimum absolute atomic E-state index is 0.167. The van der Waals surface area contributed by atoms with Gasteiger partial charge in [0.05, 0.1) is 0 Å². The van der Waals surface area contributed by atoms with Gasteiger partial charge < -0.3 is 9.67 Å². The average Bonchev–Trinajstić information content (AvgIpc) is 2.83. The number of hydrogen-bond donors (Lipinski definition) is 1. The van der Waals surface area contributed by atoms with Crippen molar-refractivity contribution >= 4 is 10.9 Å². The van der Waals surface area contributed by atoms with E-state index in [1.807, 2.05) is 0 Å². The molecule has 1 N–H and O–H groups in total. The largest absolute Gasteiger partial charge is 0.394 e. The number of rotatable bonds is 2. The number of aliphatic hydroxyl groups is 1. The lowest BCUT2D eigenvalue weighted by Crippen LogP contribution is -1.96. The minimum Gasteiger partial charge on any atom is -0.394 e. The number of aliphatic hydroxyl groups excluding tert-OH is 1. The van der Waals surface area contributed by atoms with E-state index in [1.165, 1.54) is 16.5 Å². The highest BCUT2D eigenvalue weighted by molar-refractivity contribution is 5.79. The fraction of sp³-hybridized carbons (Fsp3) is 0.222. The summed E-state index contributed by atoms with van der Waals surface area (Å²) in [5.74, 6) is 0. The molecule has 2 heteroatoms. The van der Waals surface area contributed by atoms with Gasteiger partial charge in [-0.1, -0.05) is 48.5 Å². The molecule has 3 rings (SSSR count). The summed E-state index contributed by atoms with van der Waals surface area (Å²) < 4.78 is 2.28. The number of fused-ring (bicyclic) bond motifs is 1. The second kappa shape index (κ2) is 6.92. The van der Waals surface area contributed by atoms with Crippen molar-refractivity contribution in [1.82, 2.24) is 4.57 Å². The predicted octanol–water partition coefficient (Wildman–Crippen LogP) is 4.08. The molecule has 0 atom stereocenters. The van der Waals surface area contributed by atoms with Crippen LogP contribution in [0.4, 0.5) is 0 Å². The fourth-order valence-corrected chi connectivity index (χ4v) is 2.06. The van der Waals surface area contributed by atoms with Gasteiger partial charge in [-0.2, -0.15) is 0 Å². The number of aromatic nitrogens is 1. The molecule has 1 heterocycles. The Bertz CT molecular complexity index is 638. The Morgan fingerprint density at radius 1 is 0.900 bits per heavy atom. The lowest BCUT2D eigenvalue weighted by molar-refractivity contribution is 0.216. The van der Waals surface area contributed by atoms with Crippen molar-refractivity contribution in [1.29, 1.82) is 0 Å². The molecule has 0 spiro atoms. The van der Waals surface area contributed by atoms with E-state index in [0.717, 1.165) is 6.54 Å². The molecule has 0 aliphatic rings. The third-order valence-corrected chi connectivity index (χ3v) is 2.88. The quantitative estimate of drug-likeness (QED) is 0.743. The van der Waals surface area contributed by atoms with Crippen LogP contribution in [0.5, 0.6) is 0 Å². The van der Waals surface area contributed by atoms with Crippen molar-refractivity contribution in [3.05, 3.63) is 72.4 Å². The zero-order valence-electron chi connectivity index (χ0n) is 12.0. The molecule has 2 aromatic carbocycles. The fourth-order valence-electron chi connectivity index (χ4n) is 2.06. The summed E-state index contributed by atoms with van der Waals surface area (Å²) in [7, 11) is 0.